The smallest absolute Gasteiger partial charge is 0.145 e. The van der Waals surface area contributed by atoms with E-state index in [0.717, 1.165) is 35.6 Å². The third kappa shape index (κ3) is 2.22. The minimum atomic E-state index is -0.175. The third-order valence-electron chi connectivity index (χ3n) is 4.66. The molecule has 0 aromatic carbocycles. The molecule has 26 heavy (non-hydrogen) atoms. The number of nitrogens with one attached hydrogen (secondary N) is 1. The normalized spacial score (nSPS) is 16.4. The van der Waals surface area contributed by atoms with Crippen molar-refractivity contribution in [3.05, 3.63) is 72.0 Å². The van der Waals surface area contributed by atoms with Crippen LogP contribution in [0.25, 0.3) is 5.52 Å². The standard InChI is InChI=1S/C18H14N8/c19-9-12-7-16(22-10-20-12)25-6-4-14-17(23-11-21-14)18(25)15-8-13-3-1-2-5-26(13)24-15/h1-3,5,7-8,10-11,18H,4,6H2,(H,21,23)/t18-/m1/s1. The average molecular weight is 342 g/mol. The van der Waals surface area contributed by atoms with Crippen molar-refractivity contribution in [2.75, 3.05) is 11.4 Å². The summed E-state index contributed by atoms with van der Waals surface area (Å²) in [4.78, 5) is 18.3. The molecule has 0 amide bonds. The summed E-state index contributed by atoms with van der Waals surface area (Å²) in [5.41, 5.74) is 4.30. The summed E-state index contributed by atoms with van der Waals surface area (Å²) in [5.74, 6) is 0.701. The van der Waals surface area contributed by atoms with Crippen molar-refractivity contribution in [1.82, 2.24) is 29.5 Å². The Hall–Kier alpha value is -3.73. The molecule has 1 aliphatic heterocycles. The van der Waals surface area contributed by atoms with Crippen molar-refractivity contribution in [2.45, 2.75) is 12.5 Å². The molecule has 0 saturated carbocycles. The number of hydrogen-bond acceptors (Lipinski definition) is 6. The molecule has 5 rings (SSSR count). The highest BCUT2D eigenvalue weighted by atomic mass is 15.3. The fourth-order valence-electron chi connectivity index (χ4n) is 3.48. The van der Waals surface area contributed by atoms with Crippen LogP contribution in [0.5, 0.6) is 0 Å². The number of pyridine rings is 1. The lowest BCUT2D eigenvalue weighted by Crippen LogP contribution is -2.37. The van der Waals surface area contributed by atoms with Crippen molar-refractivity contribution in [1.29, 1.82) is 5.26 Å². The zero-order valence-electron chi connectivity index (χ0n) is 13.7. The van der Waals surface area contributed by atoms with Crippen LogP contribution in [-0.2, 0) is 6.42 Å². The minimum absolute atomic E-state index is 0.175. The SMILES string of the molecule is N#Cc1cc(N2CCc3[nH]cnc3[C@H]2c2cc3ccccn3n2)ncn1. The number of hydrogen-bond donors (Lipinski definition) is 1. The van der Waals surface area contributed by atoms with Crippen molar-refractivity contribution < 1.29 is 0 Å². The summed E-state index contributed by atoms with van der Waals surface area (Å²) >= 11 is 0. The average Bonchev–Trinajstić information content (AvgIpc) is 3.33. The van der Waals surface area contributed by atoms with Crippen molar-refractivity contribution in [3.63, 3.8) is 0 Å². The number of nitriles is 1. The molecule has 126 valence electrons. The Labute approximate surface area is 148 Å². The highest BCUT2D eigenvalue weighted by Crippen LogP contribution is 2.35. The molecule has 0 fully saturated rings. The maximum Gasteiger partial charge on any atom is 0.145 e. The Balaban J connectivity index is 1.67. The summed E-state index contributed by atoms with van der Waals surface area (Å²) in [7, 11) is 0. The molecule has 0 bridgehead atoms. The Bertz CT molecular complexity index is 1100. The van der Waals surface area contributed by atoms with E-state index in [4.69, 9.17) is 5.10 Å². The van der Waals surface area contributed by atoms with Gasteiger partial charge in [0.15, 0.2) is 0 Å². The molecule has 8 heteroatoms. The van der Waals surface area contributed by atoms with Crippen LogP contribution in [0.15, 0.2) is 49.2 Å². The van der Waals surface area contributed by atoms with Gasteiger partial charge in [-0.15, -0.1) is 0 Å². The second kappa shape index (κ2) is 5.67. The number of rotatable bonds is 2. The van der Waals surface area contributed by atoms with Gasteiger partial charge >= 0.3 is 0 Å². The minimum Gasteiger partial charge on any atom is -0.348 e. The van der Waals surface area contributed by atoms with Gasteiger partial charge in [-0.1, -0.05) is 6.07 Å². The fraction of sp³-hybridized carbons (Fsp3) is 0.167. The number of aromatic amines is 1. The topological polar surface area (TPSA) is 98.8 Å². The van der Waals surface area contributed by atoms with Gasteiger partial charge in [0.2, 0.25) is 0 Å². The second-order valence-electron chi connectivity index (χ2n) is 6.12. The molecule has 0 radical (unpaired) electrons. The van der Waals surface area contributed by atoms with Crippen molar-refractivity contribution in [2.24, 2.45) is 0 Å². The number of nitrogens with zero attached hydrogens (tertiary/aromatic N) is 7. The number of H-pyrrole nitrogens is 1. The molecule has 0 unspecified atom stereocenters. The molecule has 4 aromatic heterocycles. The Morgan fingerprint density at radius 1 is 1.19 bits per heavy atom. The molecule has 8 nitrogen and oxygen atoms in total. The van der Waals surface area contributed by atoms with E-state index in [2.05, 4.69) is 37.0 Å². The molecular formula is C18H14N8. The maximum atomic E-state index is 9.17. The van der Waals surface area contributed by atoms with Gasteiger partial charge in [-0.25, -0.2) is 19.5 Å². The first kappa shape index (κ1) is 14.6. The van der Waals surface area contributed by atoms with Crippen LogP contribution in [0.3, 0.4) is 0 Å². The number of aromatic nitrogens is 6. The summed E-state index contributed by atoms with van der Waals surface area (Å²) in [6.45, 7) is 0.746. The van der Waals surface area contributed by atoms with Crippen LogP contribution in [0.2, 0.25) is 0 Å². The van der Waals surface area contributed by atoms with Gasteiger partial charge in [-0.2, -0.15) is 10.4 Å². The Morgan fingerprint density at radius 2 is 2.15 bits per heavy atom. The number of anilines is 1. The van der Waals surface area contributed by atoms with Gasteiger partial charge in [-0.3, -0.25) is 0 Å². The van der Waals surface area contributed by atoms with E-state index in [1.54, 1.807) is 12.4 Å². The molecule has 4 aromatic rings. The van der Waals surface area contributed by atoms with E-state index >= 15 is 0 Å². The molecular weight excluding hydrogens is 328 g/mol. The van der Waals surface area contributed by atoms with Crippen LogP contribution < -0.4 is 4.90 Å². The monoisotopic (exact) mass is 342 g/mol. The summed E-state index contributed by atoms with van der Waals surface area (Å²) < 4.78 is 1.86. The van der Waals surface area contributed by atoms with Gasteiger partial charge in [0, 0.05) is 30.9 Å². The first-order chi connectivity index (χ1) is 12.8. The first-order valence-electron chi connectivity index (χ1n) is 8.29. The van der Waals surface area contributed by atoms with E-state index < -0.39 is 0 Å². The van der Waals surface area contributed by atoms with Crippen LogP contribution in [0.4, 0.5) is 5.82 Å². The molecule has 1 aliphatic rings. The van der Waals surface area contributed by atoms with Crippen molar-refractivity contribution in [3.8, 4) is 6.07 Å². The van der Waals surface area contributed by atoms with E-state index in [9.17, 15) is 5.26 Å². The van der Waals surface area contributed by atoms with Crippen LogP contribution >= 0.6 is 0 Å². The summed E-state index contributed by atoms with van der Waals surface area (Å²) in [6, 6.07) is 11.6. The highest BCUT2D eigenvalue weighted by Gasteiger charge is 2.34. The summed E-state index contributed by atoms with van der Waals surface area (Å²) in [5, 5.41) is 13.9. The second-order valence-corrected chi connectivity index (χ2v) is 6.12. The molecule has 1 N–H and O–H groups in total. The lowest BCUT2D eigenvalue weighted by atomic mass is 9.99. The van der Waals surface area contributed by atoms with E-state index in [1.807, 2.05) is 28.9 Å². The van der Waals surface area contributed by atoms with E-state index in [1.165, 1.54) is 6.33 Å². The zero-order chi connectivity index (χ0) is 17.5. The van der Waals surface area contributed by atoms with E-state index in [-0.39, 0.29) is 6.04 Å². The predicted molar refractivity (Wildman–Crippen MR) is 93.4 cm³/mol. The maximum absolute atomic E-state index is 9.17. The Morgan fingerprint density at radius 3 is 3.04 bits per heavy atom. The van der Waals surface area contributed by atoms with Crippen molar-refractivity contribution >= 4 is 11.3 Å². The fourth-order valence-corrected chi connectivity index (χ4v) is 3.48. The molecule has 0 aliphatic carbocycles. The van der Waals surface area contributed by atoms with Crippen LogP contribution in [0.1, 0.15) is 28.8 Å². The largest absolute Gasteiger partial charge is 0.348 e. The van der Waals surface area contributed by atoms with Gasteiger partial charge in [0.05, 0.1) is 23.2 Å². The van der Waals surface area contributed by atoms with Crippen LogP contribution in [-0.4, -0.2) is 36.1 Å². The molecule has 0 saturated heterocycles. The number of imidazole rings is 1. The quantitative estimate of drug-likeness (QED) is 0.597. The Kier molecular flexibility index (Phi) is 3.18. The lowest BCUT2D eigenvalue weighted by Gasteiger charge is -2.34. The molecule has 1 atom stereocenters. The highest BCUT2D eigenvalue weighted by molar-refractivity contribution is 5.54. The van der Waals surface area contributed by atoms with Gasteiger partial charge < -0.3 is 9.88 Å². The van der Waals surface area contributed by atoms with Gasteiger partial charge in [0.1, 0.15) is 30.0 Å². The van der Waals surface area contributed by atoms with Gasteiger partial charge in [0.25, 0.3) is 0 Å². The first-order valence-corrected chi connectivity index (χ1v) is 8.29. The lowest BCUT2D eigenvalue weighted by molar-refractivity contribution is 0.609. The zero-order valence-corrected chi connectivity index (χ0v) is 13.7. The molecule has 5 heterocycles. The summed E-state index contributed by atoms with van der Waals surface area (Å²) in [6.07, 6.45) is 5.90. The predicted octanol–water partition coefficient (Wildman–Crippen LogP) is 1.87. The third-order valence-corrected chi connectivity index (χ3v) is 4.66. The van der Waals surface area contributed by atoms with Gasteiger partial charge in [-0.05, 0) is 18.2 Å². The van der Waals surface area contributed by atoms with Crippen LogP contribution in [0, 0.1) is 11.3 Å². The van der Waals surface area contributed by atoms with E-state index in [0.29, 0.717) is 11.5 Å². The number of fused-ring (bicyclic) bond motifs is 2. The molecule has 0 spiro atoms.